The first-order valence-electron chi connectivity index (χ1n) is 5.43. The number of carbonyl (C=O) groups is 1. The van der Waals surface area contributed by atoms with Gasteiger partial charge in [-0.15, -0.1) is 0 Å². The highest BCUT2D eigenvalue weighted by Crippen LogP contribution is 2.21. The van der Waals surface area contributed by atoms with E-state index in [0.717, 1.165) is 30.9 Å². The zero-order valence-electron chi connectivity index (χ0n) is 9.26. The summed E-state index contributed by atoms with van der Waals surface area (Å²) in [5, 5.41) is 9.00. The lowest BCUT2D eigenvalue weighted by Gasteiger charge is -2.31. The maximum Gasteiger partial charge on any atom is 0.308 e. The lowest BCUT2D eigenvalue weighted by molar-refractivity contribution is -0.141. The lowest BCUT2D eigenvalue weighted by Crippen LogP contribution is -2.39. The topological polar surface area (TPSA) is 66.3 Å². The van der Waals surface area contributed by atoms with Crippen LogP contribution in [0.3, 0.4) is 0 Å². The first-order chi connectivity index (χ1) is 7.66. The maximum atomic E-state index is 10.9. The Morgan fingerprint density at radius 2 is 2.38 bits per heavy atom. The monoisotopic (exact) mass is 221 g/mol. The fraction of sp³-hybridized carbons (Fsp3) is 0.545. The molecule has 2 rings (SSSR count). The predicted octanol–water partition coefficient (Wildman–Crippen LogP) is 1.09. The number of aryl methyl sites for hydroxylation is 1. The molecular weight excluding hydrogens is 206 g/mol. The summed E-state index contributed by atoms with van der Waals surface area (Å²) in [5.41, 5.74) is 0.905. The molecule has 0 bridgehead atoms. The normalized spacial score (nSPS) is 20.8. The van der Waals surface area contributed by atoms with E-state index in [0.29, 0.717) is 6.54 Å². The van der Waals surface area contributed by atoms with Crippen molar-refractivity contribution in [1.82, 2.24) is 9.97 Å². The molecule has 1 fully saturated rings. The highest BCUT2D eigenvalue weighted by atomic mass is 16.4. The number of carboxylic acid groups (broad SMARTS) is 1. The molecule has 1 aliphatic heterocycles. The van der Waals surface area contributed by atoms with E-state index in [2.05, 4.69) is 9.97 Å². The number of aliphatic carboxylic acids is 1. The molecule has 1 aromatic rings. The Morgan fingerprint density at radius 3 is 3.06 bits per heavy atom. The molecule has 1 saturated heterocycles. The fourth-order valence-corrected chi connectivity index (χ4v) is 2.00. The standard InChI is InChI=1S/C11H15N3O2/c1-8-5-10(13-7-12-8)14-4-2-3-9(6-14)11(15)16/h5,7,9H,2-4,6H2,1H3,(H,15,16). The lowest BCUT2D eigenvalue weighted by atomic mass is 9.98. The van der Waals surface area contributed by atoms with Crippen LogP contribution in [0.2, 0.25) is 0 Å². The molecule has 2 heterocycles. The van der Waals surface area contributed by atoms with Crippen molar-refractivity contribution in [3.63, 3.8) is 0 Å². The zero-order chi connectivity index (χ0) is 11.5. The Kier molecular flexibility index (Phi) is 3.03. The maximum absolute atomic E-state index is 10.9. The predicted molar refractivity (Wildman–Crippen MR) is 59.3 cm³/mol. The number of aromatic nitrogens is 2. The quantitative estimate of drug-likeness (QED) is 0.809. The van der Waals surface area contributed by atoms with Crippen molar-refractivity contribution in [3.05, 3.63) is 18.1 Å². The van der Waals surface area contributed by atoms with Crippen LogP contribution < -0.4 is 4.90 Å². The molecule has 5 heteroatoms. The van der Waals surface area contributed by atoms with Gasteiger partial charge in [-0.2, -0.15) is 0 Å². The minimum Gasteiger partial charge on any atom is -0.481 e. The van der Waals surface area contributed by atoms with Gasteiger partial charge in [0.2, 0.25) is 0 Å². The van der Waals surface area contributed by atoms with Crippen molar-refractivity contribution < 1.29 is 9.90 Å². The molecule has 86 valence electrons. The van der Waals surface area contributed by atoms with Gasteiger partial charge in [0.15, 0.2) is 0 Å². The van der Waals surface area contributed by atoms with Gasteiger partial charge in [0.1, 0.15) is 12.1 Å². The van der Waals surface area contributed by atoms with Crippen LogP contribution in [-0.2, 0) is 4.79 Å². The molecular formula is C11H15N3O2. The Hall–Kier alpha value is -1.65. The van der Waals surface area contributed by atoms with E-state index < -0.39 is 5.97 Å². The van der Waals surface area contributed by atoms with Crippen LogP contribution in [0.1, 0.15) is 18.5 Å². The molecule has 5 nitrogen and oxygen atoms in total. The highest BCUT2D eigenvalue weighted by molar-refractivity contribution is 5.71. The largest absolute Gasteiger partial charge is 0.481 e. The third kappa shape index (κ3) is 2.29. The second kappa shape index (κ2) is 4.47. The first-order valence-corrected chi connectivity index (χ1v) is 5.43. The number of nitrogens with zero attached hydrogens (tertiary/aromatic N) is 3. The van der Waals surface area contributed by atoms with E-state index in [1.807, 2.05) is 17.9 Å². The first kappa shape index (κ1) is 10.9. The minimum atomic E-state index is -0.713. The number of anilines is 1. The molecule has 16 heavy (non-hydrogen) atoms. The molecule has 1 N–H and O–H groups in total. The SMILES string of the molecule is Cc1cc(N2CCCC(C(=O)O)C2)ncn1. The summed E-state index contributed by atoms with van der Waals surface area (Å²) >= 11 is 0. The van der Waals surface area contributed by atoms with Crippen molar-refractivity contribution >= 4 is 11.8 Å². The van der Waals surface area contributed by atoms with E-state index in [9.17, 15) is 4.79 Å². The second-order valence-electron chi connectivity index (χ2n) is 4.14. The zero-order valence-corrected chi connectivity index (χ0v) is 9.26. The van der Waals surface area contributed by atoms with Crippen molar-refractivity contribution in [1.29, 1.82) is 0 Å². The smallest absolute Gasteiger partial charge is 0.308 e. The van der Waals surface area contributed by atoms with Crippen molar-refractivity contribution in [2.45, 2.75) is 19.8 Å². The second-order valence-corrected chi connectivity index (χ2v) is 4.14. The number of hydrogen-bond donors (Lipinski definition) is 1. The summed E-state index contributed by atoms with van der Waals surface area (Å²) in [6.45, 7) is 3.33. The third-order valence-corrected chi connectivity index (χ3v) is 2.88. The van der Waals surface area contributed by atoms with Gasteiger partial charge >= 0.3 is 5.97 Å². The molecule has 0 saturated carbocycles. The van der Waals surface area contributed by atoms with Gasteiger partial charge in [0.25, 0.3) is 0 Å². The van der Waals surface area contributed by atoms with E-state index in [4.69, 9.17) is 5.11 Å². The summed E-state index contributed by atoms with van der Waals surface area (Å²) in [6, 6.07) is 1.89. The third-order valence-electron chi connectivity index (χ3n) is 2.88. The van der Waals surface area contributed by atoms with E-state index in [-0.39, 0.29) is 5.92 Å². The molecule has 0 aliphatic carbocycles. The average Bonchev–Trinajstić information content (AvgIpc) is 2.29. The van der Waals surface area contributed by atoms with Crippen LogP contribution in [0.15, 0.2) is 12.4 Å². The number of carboxylic acids is 1. The van der Waals surface area contributed by atoms with Crippen LogP contribution in [-0.4, -0.2) is 34.1 Å². The van der Waals surface area contributed by atoms with Gasteiger partial charge in [-0.3, -0.25) is 4.79 Å². The summed E-state index contributed by atoms with van der Waals surface area (Å²) in [4.78, 5) is 21.2. The number of piperidine rings is 1. The summed E-state index contributed by atoms with van der Waals surface area (Å²) in [7, 11) is 0. The summed E-state index contributed by atoms with van der Waals surface area (Å²) in [5.74, 6) is -0.155. The molecule has 1 unspecified atom stereocenters. The van der Waals surface area contributed by atoms with Crippen molar-refractivity contribution in [2.75, 3.05) is 18.0 Å². The minimum absolute atomic E-state index is 0.274. The highest BCUT2D eigenvalue weighted by Gasteiger charge is 2.25. The van der Waals surface area contributed by atoms with Crippen LogP contribution in [0.25, 0.3) is 0 Å². The Labute approximate surface area is 94.1 Å². The molecule has 0 aromatic carbocycles. The number of rotatable bonds is 2. The summed E-state index contributed by atoms with van der Waals surface area (Å²) in [6.07, 6.45) is 3.19. The molecule has 0 radical (unpaired) electrons. The van der Waals surface area contributed by atoms with Crippen LogP contribution in [0.5, 0.6) is 0 Å². The van der Waals surface area contributed by atoms with Gasteiger partial charge in [-0.05, 0) is 19.8 Å². The molecule has 0 spiro atoms. The number of hydrogen-bond acceptors (Lipinski definition) is 4. The van der Waals surface area contributed by atoms with E-state index in [1.165, 1.54) is 6.33 Å². The van der Waals surface area contributed by atoms with Crippen molar-refractivity contribution in [3.8, 4) is 0 Å². The van der Waals surface area contributed by atoms with Gasteiger partial charge in [0.05, 0.1) is 5.92 Å². The van der Waals surface area contributed by atoms with Crippen LogP contribution in [0, 0.1) is 12.8 Å². The van der Waals surface area contributed by atoms with Gasteiger partial charge in [-0.25, -0.2) is 9.97 Å². The van der Waals surface area contributed by atoms with Gasteiger partial charge in [0, 0.05) is 24.8 Å². The Morgan fingerprint density at radius 1 is 1.56 bits per heavy atom. The summed E-state index contributed by atoms with van der Waals surface area (Å²) < 4.78 is 0. The molecule has 1 atom stereocenters. The average molecular weight is 221 g/mol. The Balaban J connectivity index is 2.12. The fourth-order valence-electron chi connectivity index (χ4n) is 2.00. The van der Waals surface area contributed by atoms with Crippen LogP contribution >= 0.6 is 0 Å². The van der Waals surface area contributed by atoms with Crippen LogP contribution in [0.4, 0.5) is 5.82 Å². The Bertz CT molecular complexity index is 395. The van der Waals surface area contributed by atoms with Crippen molar-refractivity contribution in [2.24, 2.45) is 5.92 Å². The molecule has 0 amide bonds. The molecule has 1 aromatic heterocycles. The van der Waals surface area contributed by atoms with Gasteiger partial charge in [-0.1, -0.05) is 0 Å². The van der Waals surface area contributed by atoms with E-state index in [1.54, 1.807) is 0 Å². The molecule has 1 aliphatic rings. The van der Waals surface area contributed by atoms with E-state index >= 15 is 0 Å². The van der Waals surface area contributed by atoms with Gasteiger partial charge < -0.3 is 10.0 Å².